The third-order valence-electron chi connectivity index (χ3n) is 5.90. The fourth-order valence-electron chi connectivity index (χ4n) is 4.02. The molecule has 1 atom stereocenters. The molecule has 0 N–H and O–H groups in total. The molecule has 0 spiro atoms. The van der Waals surface area contributed by atoms with E-state index in [0.717, 1.165) is 30.4 Å². The van der Waals surface area contributed by atoms with E-state index in [1.165, 1.54) is 7.11 Å². The van der Waals surface area contributed by atoms with Crippen LogP contribution in [0.1, 0.15) is 40.4 Å². The third-order valence-corrected chi connectivity index (χ3v) is 5.90. The van der Waals surface area contributed by atoms with Gasteiger partial charge in [0.15, 0.2) is 11.5 Å². The smallest absolute Gasteiger partial charge is 0.337 e. The zero-order chi connectivity index (χ0) is 22.0. The van der Waals surface area contributed by atoms with E-state index in [9.17, 15) is 9.59 Å². The van der Waals surface area contributed by atoms with Gasteiger partial charge in [-0.1, -0.05) is 0 Å². The van der Waals surface area contributed by atoms with Crippen LogP contribution in [-0.4, -0.2) is 51.3 Å². The van der Waals surface area contributed by atoms with Crippen molar-refractivity contribution in [3.05, 3.63) is 53.1 Å². The number of carbonyl (C=O) groups is 2. The summed E-state index contributed by atoms with van der Waals surface area (Å²) in [5.41, 5.74) is 2.61. The highest BCUT2D eigenvalue weighted by molar-refractivity contribution is 5.89. The molecule has 0 radical (unpaired) electrons. The first-order valence-corrected chi connectivity index (χ1v) is 10.4. The molecule has 1 heterocycles. The molecule has 164 valence electrons. The summed E-state index contributed by atoms with van der Waals surface area (Å²) in [5.74, 6) is 1.86. The van der Waals surface area contributed by atoms with Gasteiger partial charge in [0.2, 0.25) is 5.91 Å². The molecular weight excluding hydrogens is 398 g/mol. The lowest BCUT2D eigenvalue weighted by molar-refractivity contribution is -0.136. The van der Waals surface area contributed by atoms with Crippen molar-refractivity contribution in [2.75, 3.05) is 34.5 Å². The van der Waals surface area contributed by atoms with Gasteiger partial charge in [0.25, 0.3) is 0 Å². The Balaban J connectivity index is 1.60. The van der Waals surface area contributed by atoms with Crippen molar-refractivity contribution in [3.63, 3.8) is 0 Å². The van der Waals surface area contributed by atoms with E-state index in [-0.39, 0.29) is 17.9 Å². The molecule has 1 amide bonds. The topological polar surface area (TPSA) is 74.3 Å². The van der Waals surface area contributed by atoms with Crippen molar-refractivity contribution in [3.8, 4) is 17.2 Å². The van der Waals surface area contributed by atoms with Gasteiger partial charge in [-0.3, -0.25) is 4.79 Å². The average molecular weight is 425 g/mol. The maximum Gasteiger partial charge on any atom is 0.337 e. The van der Waals surface area contributed by atoms with Crippen molar-refractivity contribution in [1.29, 1.82) is 0 Å². The molecule has 2 aromatic rings. The lowest BCUT2D eigenvalue weighted by Crippen LogP contribution is -2.43. The van der Waals surface area contributed by atoms with E-state index < -0.39 is 5.97 Å². The maximum absolute atomic E-state index is 13.0. The number of ether oxygens (including phenoxy) is 4. The number of carbonyl (C=O) groups excluding carboxylic acids is 2. The van der Waals surface area contributed by atoms with E-state index in [2.05, 4.69) is 0 Å². The first-order chi connectivity index (χ1) is 15.0. The van der Waals surface area contributed by atoms with Gasteiger partial charge in [0.1, 0.15) is 12.4 Å². The van der Waals surface area contributed by atoms with Gasteiger partial charge in [-0.05, 0) is 66.8 Å². The highest BCUT2D eigenvalue weighted by Crippen LogP contribution is 2.41. The van der Waals surface area contributed by atoms with Crippen LogP contribution in [0.25, 0.3) is 0 Å². The number of hydrogen-bond acceptors (Lipinski definition) is 6. The number of benzene rings is 2. The van der Waals surface area contributed by atoms with Gasteiger partial charge in [0.05, 0.1) is 32.9 Å². The number of amides is 1. The quantitative estimate of drug-likeness (QED) is 0.633. The Morgan fingerprint density at radius 3 is 2.29 bits per heavy atom. The summed E-state index contributed by atoms with van der Waals surface area (Å²) >= 11 is 0. The summed E-state index contributed by atoms with van der Waals surface area (Å²) in [6.45, 7) is 0.950. The molecule has 1 fully saturated rings. The van der Waals surface area contributed by atoms with Crippen LogP contribution in [0.15, 0.2) is 36.4 Å². The molecule has 31 heavy (non-hydrogen) atoms. The van der Waals surface area contributed by atoms with Crippen molar-refractivity contribution >= 4 is 11.9 Å². The summed E-state index contributed by atoms with van der Waals surface area (Å²) < 4.78 is 21.8. The number of fused-ring (bicyclic) bond motifs is 1. The Hall–Kier alpha value is -3.22. The molecule has 0 unspecified atom stereocenters. The molecular formula is C24H27NO6. The van der Waals surface area contributed by atoms with E-state index in [4.69, 9.17) is 18.9 Å². The van der Waals surface area contributed by atoms with Crippen molar-refractivity contribution in [2.45, 2.75) is 25.3 Å². The Labute approximate surface area is 181 Å². The van der Waals surface area contributed by atoms with Crippen molar-refractivity contribution < 1.29 is 28.5 Å². The first kappa shape index (κ1) is 21.0. The fourth-order valence-corrected chi connectivity index (χ4v) is 4.02. The normalized spacial score (nSPS) is 17.5. The molecule has 2 aliphatic rings. The van der Waals surface area contributed by atoms with E-state index >= 15 is 0 Å². The second kappa shape index (κ2) is 8.88. The lowest BCUT2D eigenvalue weighted by atomic mass is 9.91. The first-order valence-electron chi connectivity index (χ1n) is 10.4. The van der Waals surface area contributed by atoms with Gasteiger partial charge in [0, 0.05) is 12.5 Å². The average Bonchev–Trinajstić information content (AvgIpc) is 3.66. The highest BCUT2D eigenvalue weighted by Gasteiger charge is 2.39. The van der Waals surface area contributed by atoms with Crippen LogP contribution >= 0.6 is 0 Å². The minimum atomic E-state index is -0.394. The van der Waals surface area contributed by atoms with Crippen LogP contribution in [0, 0.1) is 5.92 Å². The van der Waals surface area contributed by atoms with Crippen molar-refractivity contribution in [1.82, 2.24) is 4.90 Å². The molecule has 4 rings (SSSR count). The largest absolute Gasteiger partial charge is 0.493 e. The molecule has 0 aromatic heterocycles. The Kier molecular flexibility index (Phi) is 6.02. The number of nitrogens with zero attached hydrogens (tertiary/aromatic N) is 1. The van der Waals surface area contributed by atoms with Gasteiger partial charge < -0.3 is 23.8 Å². The summed E-state index contributed by atoms with van der Waals surface area (Å²) in [5, 5.41) is 0. The van der Waals surface area contributed by atoms with Crippen LogP contribution in [0.3, 0.4) is 0 Å². The predicted octanol–water partition coefficient (Wildman–Crippen LogP) is 3.41. The minimum absolute atomic E-state index is 0.128. The summed E-state index contributed by atoms with van der Waals surface area (Å²) in [6.07, 6.45) is 2.67. The van der Waals surface area contributed by atoms with Crippen LogP contribution in [-0.2, 0) is 16.0 Å². The zero-order valence-corrected chi connectivity index (χ0v) is 18.1. The van der Waals surface area contributed by atoms with Crippen LogP contribution in [0.2, 0.25) is 0 Å². The molecule has 1 aliphatic carbocycles. The number of rotatable bonds is 7. The van der Waals surface area contributed by atoms with E-state index in [0.29, 0.717) is 36.0 Å². The molecule has 7 nitrogen and oxygen atoms in total. The predicted molar refractivity (Wildman–Crippen MR) is 114 cm³/mol. The maximum atomic E-state index is 13.0. The Bertz CT molecular complexity index is 967. The molecule has 1 saturated carbocycles. The second-order valence-electron chi connectivity index (χ2n) is 7.80. The summed E-state index contributed by atoms with van der Waals surface area (Å²) in [6, 6.07) is 10.5. The molecule has 1 aliphatic heterocycles. The number of esters is 1. The van der Waals surface area contributed by atoms with Crippen molar-refractivity contribution in [2.24, 2.45) is 5.92 Å². The second-order valence-corrected chi connectivity index (χ2v) is 7.80. The monoisotopic (exact) mass is 425 g/mol. The molecule has 0 bridgehead atoms. The van der Waals surface area contributed by atoms with E-state index in [1.54, 1.807) is 38.5 Å². The number of methoxy groups -OCH3 is 3. The van der Waals surface area contributed by atoms with Gasteiger partial charge in [-0.2, -0.15) is 0 Å². The summed E-state index contributed by atoms with van der Waals surface area (Å²) in [7, 11) is 4.57. The zero-order valence-electron chi connectivity index (χ0n) is 18.1. The fraction of sp³-hybridized carbons (Fsp3) is 0.417. The lowest BCUT2D eigenvalue weighted by Gasteiger charge is -2.37. The molecule has 0 saturated heterocycles. The van der Waals surface area contributed by atoms with Gasteiger partial charge in [-0.15, -0.1) is 0 Å². The summed E-state index contributed by atoms with van der Waals surface area (Å²) in [4.78, 5) is 26.6. The van der Waals surface area contributed by atoms with Crippen LogP contribution in [0.5, 0.6) is 17.2 Å². The molecule has 7 heteroatoms. The number of hydrogen-bond donors (Lipinski definition) is 0. The van der Waals surface area contributed by atoms with Crippen LogP contribution in [0.4, 0.5) is 0 Å². The van der Waals surface area contributed by atoms with Crippen LogP contribution < -0.4 is 14.2 Å². The SMILES string of the molecule is COC(=O)c1ccc(OC[C@H]2c3cc(OC)c(OC)cc3CCN2C(=O)C2CC2)cc1. The highest BCUT2D eigenvalue weighted by atomic mass is 16.5. The third kappa shape index (κ3) is 4.31. The van der Waals surface area contributed by atoms with Gasteiger partial charge in [-0.25, -0.2) is 4.79 Å². The van der Waals surface area contributed by atoms with Gasteiger partial charge >= 0.3 is 5.97 Å². The minimum Gasteiger partial charge on any atom is -0.493 e. The Morgan fingerprint density at radius 2 is 1.68 bits per heavy atom. The molecule has 2 aromatic carbocycles. The Morgan fingerprint density at radius 1 is 1.00 bits per heavy atom. The van der Waals surface area contributed by atoms with E-state index in [1.807, 2.05) is 17.0 Å². The standard InChI is InChI=1S/C24H27NO6/c1-28-21-12-17-10-11-25(23(26)15-4-5-15)20(19(17)13-22(21)29-2)14-31-18-8-6-16(7-9-18)24(27)30-3/h6-9,12-13,15,20H,4-5,10-11,14H2,1-3H3/t20-/m0/s1.